The Hall–Kier alpha value is -3.39. The molecule has 0 spiro atoms. The number of hydrogen-bond acceptors (Lipinski definition) is 5. The van der Waals surface area contributed by atoms with E-state index in [2.05, 4.69) is 9.97 Å². The quantitative estimate of drug-likeness (QED) is 0.519. The molecule has 6 nitrogen and oxygen atoms in total. The number of benzene rings is 2. The minimum atomic E-state index is -0.910. The van der Waals surface area contributed by atoms with Crippen LogP contribution in [0.25, 0.3) is 27.8 Å². The molecule has 1 N–H and O–H groups in total. The number of aryl methyl sites for hydroxylation is 1. The third-order valence-corrected chi connectivity index (χ3v) is 5.13. The fraction of sp³-hybridized carbons (Fsp3) is 0.143. The second kappa shape index (κ2) is 7.92. The van der Waals surface area contributed by atoms with E-state index in [1.165, 1.54) is 40.2 Å². The van der Waals surface area contributed by atoms with Crippen LogP contribution < -0.4 is 5.56 Å². The first-order valence-electron chi connectivity index (χ1n) is 8.95. The van der Waals surface area contributed by atoms with Crippen LogP contribution in [0.1, 0.15) is 18.7 Å². The number of carboxylic acids is 1. The van der Waals surface area contributed by atoms with Crippen LogP contribution in [-0.2, 0) is 11.2 Å². The van der Waals surface area contributed by atoms with E-state index in [-0.39, 0.29) is 12.0 Å². The molecule has 0 aliphatic rings. The second-order valence-corrected chi connectivity index (χ2v) is 7.22. The maximum Gasteiger partial charge on any atom is 0.303 e. The van der Waals surface area contributed by atoms with Crippen molar-refractivity contribution in [1.29, 1.82) is 0 Å². The molecule has 0 atom stereocenters. The maximum absolute atomic E-state index is 13.4. The van der Waals surface area contributed by atoms with Crippen molar-refractivity contribution >= 4 is 28.2 Å². The third kappa shape index (κ3) is 3.93. The van der Waals surface area contributed by atoms with Gasteiger partial charge in [-0.15, -0.1) is 11.3 Å². The summed E-state index contributed by atoms with van der Waals surface area (Å²) in [6.07, 6.45) is 0.603. The van der Waals surface area contributed by atoms with Gasteiger partial charge in [-0.25, -0.2) is 14.4 Å². The first-order chi connectivity index (χ1) is 14.0. The summed E-state index contributed by atoms with van der Waals surface area (Å²) in [7, 11) is 0. The van der Waals surface area contributed by atoms with Crippen molar-refractivity contribution in [2.24, 2.45) is 0 Å². The molecule has 8 heteroatoms. The number of halogens is 1. The van der Waals surface area contributed by atoms with Crippen molar-refractivity contribution in [3.05, 3.63) is 75.4 Å². The van der Waals surface area contributed by atoms with Gasteiger partial charge in [0, 0.05) is 23.8 Å². The Morgan fingerprint density at radius 1 is 1.17 bits per heavy atom. The minimum Gasteiger partial charge on any atom is -0.481 e. The van der Waals surface area contributed by atoms with Crippen LogP contribution in [-0.4, -0.2) is 25.6 Å². The lowest BCUT2D eigenvalue weighted by Crippen LogP contribution is -2.24. The average molecular weight is 409 g/mol. The Bertz CT molecular complexity index is 1230. The van der Waals surface area contributed by atoms with Gasteiger partial charge < -0.3 is 5.11 Å². The van der Waals surface area contributed by atoms with Crippen molar-refractivity contribution < 1.29 is 14.3 Å². The van der Waals surface area contributed by atoms with Gasteiger partial charge in [0.15, 0.2) is 0 Å². The standard InChI is InChI=1S/C21H16FN3O3S/c22-14-5-7-15(8-6-14)25-19(2-1-3-20(26)27)24-17-10-13(18-11-29-12-23-18)4-9-16(17)21(25)28/h4-12H,1-3H2,(H,26,27). The van der Waals surface area contributed by atoms with E-state index in [1.807, 2.05) is 17.5 Å². The summed E-state index contributed by atoms with van der Waals surface area (Å²) in [5.74, 6) is -0.881. The largest absolute Gasteiger partial charge is 0.481 e. The molecule has 0 radical (unpaired) electrons. The SMILES string of the molecule is O=C(O)CCCc1nc2cc(-c3cscn3)ccc2c(=O)n1-c1ccc(F)cc1. The zero-order valence-electron chi connectivity index (χ0n) is 15.2. The van der Waals surface area contributed by atoms with Gasteiger partial charge in [0.05, 0.1) is 27.8 Å². The fourth-order valence-corrected chi connectivity index (χ4v) is 3.73. The molecule has 0 saturated carbocycles. The van der Waals surface area contributed by atoms with E-state index >= 15 is 0 Å². The summed E-state index contributed by atoms with van der Waals surface area (Å²) in [6, 6.07) is 10.9. The van der Waals surface area contributed by atoms with Crippen molar-refractivity contribution in [3.63, 3.8) is 0 Å². The second-order valence-electron chi connectivity index (χ2n) is 6.50. The number of rotatable bonds is 6. The molecule has 2 aromatic carbocycles. The van der Waals surface area contributed by atoms with Gasteiger partial charge in [0.1, 0.15) is 11.6 Å². The van der Waals surface area contributed by atoms with Crippen LogP contribution in [0.5, 0.6) is 0 Å². The first-order valence-corrected chi connectivity index (χ1v) is 9.89. The summed E-state index contributed by atoms with van der Waals surface area (Å²) in [6.45, 7) is 0. The fourth-order valence-electron chi connectivity index (χ4n) is 3.17. The van der Waals surface area contributed by atoms with Gasteiger partial charge in [0.2, 0.25) is 0 Å². The van der Waals surface area contributed by atoms with E-state index in [0.717, 1.165) is 11.3 Å². The van der Waals surface area contributed by atoms with Crippen LogP contribution in [0.4, 0.5) is 4.39 Å². The van der Waals surface area contributed by atoms with Crippen molar-refractivity contribution in [2.45, 2.75) is 19.3 Å². The third-order valence-electron chi connectivity index (χ3n) is 4.54. The molecule has 0 aliphatic heterocycles. The molecule has 4 aromatic rings. The molecule has 0 saturated heterocycles. The molecular formula is C21H16FN3O3S. The van der Waals surface area contributed by atoms with Crippen LogP contribution in [0, 0.1) is 5.82 Å². The van der Waals surface area contributed by atoms with E-state index < -0.39 is 11.8 Å². The minimum absolute atomic E-state index is 0.0316. The number of fused-ring (bicyclic) bond motifs is 1. The molecule has 2 heterocycles. The van der Waals surface area contributed by atoms with E-state index in [4.69, 9.17) is 5.11 Å². The Kier molecular flexibility index (Phi) is 5.18. The predicted octanol–water partition coefficient (Wildman–Crippen LogP) is 4.06. The number of nitrogens with zero attached hydrogens (tertiary/aromatic N) is 3. The Morgan fingerprint density at radius 3 is 2.66 bits per heavy atom. The Labute approximate surface area is 168 Å². The van der Waals surface area contributed by atoms with E-state index in [0.29, 0.717) is 35.3 Å². The number of aliphatic carboxylic acids is 1. The molecule has 0 aliphatic carbocycles. The average Bonchev–Trinajstić information content (AvgIpc) is 3.23. The van der Waals surface area contributed by atoms with Crippen LogP contribution in [0.3, 0.4) is 0 Å². The number of hydrogen-bond donors (Lipinski definition) is 1. The molecule has 4 rings (SSSR count). The summed E-state index contributed by atoms with van der Waals surface area (Å²) < 4.78 is 14.8. The normalized spacial score (nSPS) is 11.1. The van der Waals surface area contributed by atoms with E-state index in [1.54, 1.807) is 11.6 Å². The molecule has 29 heavy (non-hydrogen) atoms. The van der Waals surface area contributed by atoms with Gasteiger partial charge in [0.25, 0.3) is 5.56 Å². The van der Waals surface area contributed by atoms with Gasteiger partial charge in [-0.3, -0.25) is 14.2 Å². The number of aromatic nitrogens is 3. The summed E-state index contributed by atoms with van der Waals surface area (Å²) in [5, 5.41) is 11.3. The van der Waals surface area contributed by atoms with Crippen LogP contribution >= 0.6 is 11.3 Å². The van der Waals surface area contributed by atoms with Crippen molar-refractivity contribution in [3.8, 4) is 16.9 Å². The lowest BCUT2D eigenvalue weighted by molar-refractivity contribution is -0.137. The first kappa shape index (κ1) is 18.9. The van der Waals surface area contributed by atoms with Crippen molar-refractivity contribution in [1.82, 2.24) is 14.5 Å². The summed E-state index contributed by atoms with van der Waals surface area (Å²) in [5.41, 5.74) is 4.10. The smallest absolute Gasteiger partial charge is 0.303 e. The maximum atomic E-state index is 13.4. The van der Waals surface area contributed by atoms with Crippen LogP contribution in [0.15, 0.2) is 58.1 Å². The van der Waals surface area contributed by atoms with Crippen LogP contribution in [0.2, 0.25) is 0 Å². The van der Waals surface area contributed by atoms with Gasteiger partial charge >= 0.3 is 5.97 Å². The summed E-state index contributed by atoms with van der Waals surface area (Å²) >= 11 is 1.48. The van der Waals surface area contributed by atoms with Gasteiger partial charge in [-0.1, -0.05) is 6.07 Å². The highest BCUT2D eigenvalue weighted by molar-refractivity contribution is 7.07. The Morgan fingerprint density at radius 2 is 1.97 bits per heavy atom. The lowest BCUT2D eigenvalue weighted by Gasteiger charge is -2.14. The highest BCUT2D eigenvalue weighted by atomic mass is 32.1. The van der Waals surface area contributed by atoms with Gasteiger partial charge in [-0.2, -0.15) is 0 Å². The topological polar surface area (TPSA) is 85.1 Å². The molecule has 2 aromatic heterocycles. The zero-order chi connectivity index (χ0) is 20.4. The molecule has 0 amide bonds. The molecule has 0 fully saturated rings. The molecular weight excluding hydrogens is 393 g/mol. The van der Waals surface area contributed by atoms with Gasteiger partial charge in [-0.05, 0) is 42.8 Å². The van der Waals surface area contributed by atoms with Crippen molar-refractivity contribution in [2.75, 3.05) is 0 Å². The number of carboxylic acid groups (broad SMARTS) is 1. The molecule has 146 valence electrons. The molecule has 0 unspecified atom stereocenters. The highest BCUT2D eigenvalue weighted by Gasteiger charge is 2.14. The van der Waals surface area contributed by atoms with E-state index in [9.17, 15) is 14.0 Å². The Balaban J connectivity index is 1.88. The molecule has 0 bridgehead atoms. The lowest BCUT2D eigenvalue weighted by atomic mass is 10.1. The highest BCUT2D eigenvalue weighted by Crippen LogP contribution is 2.23. The monoisotopic (exact) mass is 409 g/mol. The number of carbonyl (C=O) groups is 1. The predicted molar refractivity (Wildman–Crippen MR) is 109 cm³/mol. The zero-order valence-corrected chi connectivity index (χ0v) is 16.0. The summed E-state index contributed by atoms with van der Waals surface area (Å²) in [4.78, 5) is 33.1. The number of thiazole rings is 1.